The molecule has 0 aromatic carbocycles. The van der Waals surface area contributed by atoms with E-state index in [0.717, 1.165) is 25.9 Å². The van der Waals surface area contributed by atoms with Gasteiger partial charge in [-0.1, -0.05) is 11.6 Å². The van der Waals surface area contributed by atoms with Crippen LogP contribution in [-0.2, 0) is 4.79 Å². The summed E-state index contributed by atoms with van der Waals surface area (Å²) in [5.74, 6) is 0.545. The lowest BCUT2D eigenvalue weighted by Gasteiger charge is -2.26. The molecule has 3 N–H and O–H groups in total. The van der Waals surface area contributed by atoms with Crippen LogP contribution < -0.4 is 11.1 Å². The molecule has 0 unspecified atom stereocenters. The van der Waals surface area contributed by atoms with E-state index in [-0.39, 0.29) is 12.5 Å². The fourth-order valence-electron chi connectivity index (χ4n) is 2.00. The van der Waals surface area contributed by atoms with Crippen LogP contribution in [0.1, 0.15) is 19.3 Å². The van der Waals surface area contributed by atoms with E-state index in [1.54, 1.807) is 12.1 Å². The van der Waals surface area contributed by atoms with E-state index in [2.05, 4.69) is 10.3 Å². The van der Waals surface area contributed by atoms with E-state index in [4.69, 9.17) is 17.3 Å². The lowest BCUT2D eigenvalue weighted by atomic mass is 10.1. The van der Waals surface area contributed by atoms with Gasteiger partial charge in [0, 0.05) is 13.1 Å². The highest BCUT2D eigenvalue weighted by atomic mass is 35.5. The Balaban J connectivity index is 1.90. The Kier molecular flexibility index (Phi) is 4.25. The zero-order chi connectivity index (χ0) is 13.0. The van der Waals surface area contributed by atoms with Crippen LogP contribution in [0, 0.1) is 0 Å². The van der Waals surface area contributed by atoms with Crippen LogP contribution in [0.2, 0.25) is 5.15 Å². The molecule has 1 amide bonds. The number of nitrogens with one attached hydrogen (secondary N) is 1. The van der Waals surface area contributed by atoms with Gasteiger partial charge in [0.1, 0.15) is 5.15 Å². The standard InChI is InChI=1S/C12H17ClN4O/c13-10-5-4-9(14)12(16-10)15-8-11(18)17-6-2-1-3-7-17/h4-5H,1-3,6-8,14H2,(H,15,16). The number of anilines is 2. The summed E-state index contributed by atoms with van der Waals surface area (Å²) >= 11 is 5.78. The van der Waals surface area contributed by atoms with Gasteiger partial charge in [-0.15, -0.1) is 0 Å². The van der Waals surface area contributed by atoms with Gasteiger partial charge in [0.05, 0.1) is 12.2 Å². The van der Waals surface area contributed by atoms with Gasteiger partial charge in [0.15, 0.2) is 5.82 Å². The normalized spacial score (nSPS) is 15.5. The largest absolute Gasteiger partial charge is 0.396 e. The molecule has 2 rings (SSSR count). The molecule has 0 spiro atoms. The molecule has 0 atom stereocenters. The van der Waals surface area contributed by atoms with E-state index < -0.39 is 0 Å². The number of nitrogens with zero attached hydrogens (tertiary/aromatic N) is 2. The van der Waals surface area contributed by atoms with Crippen molar-refractivity contribution in [1.82, 2.24) is 9.88 Å². The number of nitrogens with two attached hydrogens (primary N) is 1. The molecule has 5 nitrogen and oxygen atoms in total. The van der Waals surface area contributed by atoms with Gasteiger partial charge in [-0.2, -0.15) is 0 Å². The maximum Gasteiger partial charge on any atom is 0.241 e. The molecule has 0 aliphatic carbocycles. The highest BCUT2D eigenvalue weighted by Crippen LogP contribution is 2.18. The molecule has 18 heavy (non-hydrogen) atoms. The van der Waals surface area contributed by atoms with Crippen LogP contribution in [0.4, 0.5) is 11.5 Å². The first-order chi connectivity index (χ1) is 8.66. The maximum absolute atomic E-state index is 11.9. The van der Waals surface area contributed by atoms with Crippen LogP contribution in [0.5, 0.6) is 0 Å². The predicted octanol–water partition coefficient (Wildman–Crippen LogP) is 1.74. The van der Waals surface area contributed by atoms with Crippen LogP contribution in [0.25, 0.3) is 0 Å². The van der Waals surface area contributed by atoms with Crippen LogP contribution in [0.3, 0.4) is 0 Å². The number of pyridine rings is 1. The van der Waals surface area contributed by atoms with Gasteiger partial charge in [-0.3, -0.25) is 4.79 Å². The summed E-state index contributed by atoms with van der Waals surface area (Å²) < 4.78 is 0. The SMILES string of the molecule is Nc1ccc(Cl)nc1NCC(=O)N1CCCCC1. The minimum atomic E-state index is 0.0795. The van der Waals surface area contributed by atoms with E-state index >= 15 is 0 Å². The molecule has 0 bridgehead atoms. The molecule has 1 aliphatic rings. The number of aromatic nitrogens is 1. The fraction of sp³-hybridized carbons (Fsp3) is 0.500. The first-order valence-corrected chi connectivity index (χ1v) is 6.48. The van der Waals surface area contributed by atoms with Crippen molar-refractivity contribution >= 4 is 29.0 Å². The Hall–Kier alpha value is -1.49. The second-order valence-electron chi connectivity index (χ2n) is 4.37. The van der Waals surface area contributed by atoms with Crippen molar-refractivity contribution < 1.29 is 4.79 Å². The first kappa shape index (κ1) is 13.0. The van der Waals surface area contributed by atoms with Gasteiger partial charge in [-0.05, 0) is 31.4 Å². The van der Waals surface area contributed by atoms with Crippen molar-refractivity contribution in [2.45, 2.75) is 19.3 Å². The molecule has 1 saturated heterocycles. The number of rotatable bonds is 3. The quantitative estimate of drug-likeness (QED) is 0.819. The Bertz CT molecular complexity index is 432. The van der Waals surface area contributed by atoms with E-state index in [9.17, 15) is 4.79 Å². The monoisotopic (exact) mass is 268 g/mol. The lowest BCUT2D eigenvalue weighted by molar-refractivity contribution is -0.130. The van der Waals surface area contributed by atoms with Crippen LogP contribution in [0.15, 0.2) is 12.1 Å². The first-order valence-electron chi connectivity index (χ1n) is 6.10. The van der Waals surface area contributed by atoms with E-state index in [1.807, 2.05) is 4.90 Å². The molecule has 1 fully saturated rings. The fourth-order valence-corrected chi connectivity index (χ4v) is 2.15. The Morgan fingerprint density at radius 1 is 1.39 bits per heavy atom. The summed E-state index contributed by atoms with van der Waals surface area (Å²) in [6, 6.07) is 3.29. The summed E-state index contributed by atoms with van der Waals surface area (Å²) in [7, 11) is 0. The zero-order valence-electron chi connectivity index (χ0n) is 10.2. The third kappa shape index (κ3) is 3.26. The Labute approximate surface area is 111 Å². The highest BCUT2D eigenvalue weighted by Gasteiger charge is 2.16. The molecule has 1 aromatic heterocycles. The number of likely N-dealkylation sites (tertiary alicyclic amines) is 1. The highest BCUT2D eigenvalue weighted by molar-refractivity contribution is 6.29. The maximum atomic E-state index is 11.9. The van der Waals surface area contributed by atoms with Gasteiger partial charge < -0.3 is 16.0 Å². The van der Waals surface area contributed by atoms with Gasteiger partial charge in [0.25, 0.3) is 0 Å². The lowest BCUT2D eigenvalue weighted by Crippen LogP contribution is -2.39. The molecular formula is C12H17ClN4O. The number of carbonyl (C=O) groups is 1. The smallest absolute Gasteiger partial charge is 0.241 e. The summed E-state index contributed by atoms with van der Waals surface area (Å²) in [5, 5.41) is 3.30. The number of piperidine rings is 1. The zero-order valence-corrected chi connectivity index (χ0v) is 10.9. The number of halogens is 1. The summed E-state index contributed by atoms with van der Waals surface area (Å²) in [4.78, 5) is 17.9. The minimum Gasteiger partial charge on any atom is -0.396 e. The van der Waals surface area contributed by atoms with Gasteiger partial charge >= 0.3 is 0 Å². The molecule has 0 saturated carbocycles. The van der Waals surface area contributed by atoms with Crippen molar-refractivity contribution in [2.75, 3.05) is 30.7 Å². The Morgan fingerprint density at radius 3 is 2.83 bits per heavy atom. The average Bonchev–Trinajstić information content (AvgIpc) is 2.40. The number of nitrogen functional groups attached to an aromatic ring is 1. The molecule has 1 aliphatic heterocycles. The average molecular weight is 269 g/mol. The molecule has 0 radical (unpaired) electrons. The second kappa shape index (κ2) is 5.91. The summed E-state index contributed by atoms with van der Waals surface area (Å²) in [6.45, 7) is 1.90. The Morgan fingerprint density at radius 2 is 2.11 bits per heavy atom. The number of carbonyl (C=O) groups excluding carboxylic acids is 1. The number of hydrogen-bond acceptors (Lipinski definition) is 4. The minimum absolute atomic E-state index is 0.0795. The second-order valence-corrected chi connectivity index (χ2v) is 4.75. The van der Waals surface area contributed by atoms with Gasteiger partial charge in [0.2, 0.25) is 5.91 Å². The van der Waals surface area contributed by atoms with E-state index in [1.165, 1.54) is 6.42 Å². The molecule has 1 aromatic rings. The molecular weight excluding hydrogens is 252 g/mol. The van der Waals surface area contributed by atoms with Crippen molar-refractivity contribution in [3.63, 3.8) is 0 Å². The van der Waals surface area contributed by atoms with Crippen molar-refractivity contribution in [3.8, 4) is 0 Å². The van der Waals surface area contributed by atoms with Crippen LogP contribution >= 0.6 is 11.6 Å². The molecule has 2 heterocycles. The third-order valence-electron chi connectivity index (χ3n) is 3.01. The number of hydrogen-bond donors (Lipinski definition) is 2. The van der Waals surface area contributed by atoms with Gasteiger partial charge in [-0.25, -0.2) is 4.98 Å². The predicted molar refractivity (Wildman–Crippen MR) is 72.6 cm³/mol. The van der Waals surface area contributed by atoms with Crippen molar-refractivity contribution in [3.05, 3.63) is 17.3 Å². The third-order valence-corrected chi connectivity index (χ3v) is 3.22. The topological polar surface area (TPSA) is 71.2 Å². The summed E-state index contributed by atoms with van der Waals surface area (Å²) in [6.07, 6.45) is 3.38. The molecule has 98 valence electrons. The summed E-state index contributed by atoms with van der Waals surface area (Å²) in [5.41, 5.74) is 6.24. The number of amides is 1. The van der Waals surface area contributed by atoms with Crippen LogP contribution in [-0.4, -0.2) is 35.4 Å². The molecule has 6 heteroatoms. The van der Waals surface area contributed by atoms with Crippen molar-refractivity contribution in [1.29, 1.82) is 0 Å². The van der Waals surface area contributed by atoms with Crippen molar-refractivity contribution in [2.24, 2.45) is 0 Å². The van der Waals surface area contributed by atoms with E-state index in [0.29, 0.717) is 16.7 Å².